The molecule has 1 atom stereocenters. The molecule has 0 bridgehead atoms. The van der Waals surface area contributed by atoms with Gasteiger partial charge in [0.25, 0.3) is 0 Å². The number of aliphatic hydroxyl groups excluding tert-OH is 1. The number of hydrogen-bond acceptors (Lipinski definition) is 4. The van der Waals surface area contributed by atoms with Crippen molar-refractivity contribution in [1.29, 1.82) is 5.41 Å². The molecule has 0 saturated heterocycles. The summed E-state index contributed by atoms with van der Waals surface area (Å²) in [6.07, 6.45) is -1.08. The summed E-state index contributed by atoms with van der Waals surface area (Å²) >= 11 is 0. The molecule has 124 valence electrons. The predicted octanol–water partition coefficient (Wildman–Crippen LogP) is 3.96. The summed E-state index contributed by atoms with van der Waals surface area (Å²) in [7, 11) is 1.38. The summed E-state index contributed by atoms with van der Waals surface area (Å²) in [6.45, 7) is 4.34. The van der Waals surface area contributed by atoms with Gasteiger partial charge in [0.05, 0.1) is 7.11 Å². The van der Waals surface area contributed by atoms with Crippen molar-refractivity contribution in [2.45, 2.75) is 26.6 Å². The SMILES string of the molecule is COC(=N)C(O)c1ccccc1COc1cc(C)ccc1C.Cl. The first-order chi connectivity index (χ1) is 10.5. The van der Waals surface area contributed by atoms with E-state index in [2.05, 4.69) is 0 Å². The average Bonchev–Trinajstić information content (AvgIpc) is 2.54. The Balaban J connectivity index is 0.00000264. The van der Waals surface area contributed by atoms with Gasteiger partial charge < -0.3 is 14.6 Å². The normalized spacial score (nSPS) is 11.3. The topological polar surface area (TPSA) is 62.5 Å². The van der Waals surface area contributed by atoms with Crippen molar-refractivity contribution in [3.05, 3.63) is 64.7 Å². The molecule has 0 aromatic heterocycles. The summed E-state index contributed by atoms with van der Waals surface area (Å²) in [5, 5.41) is 17.8. The van der Waals surface area contributed by atoms with Gasteiger partial charge in [0.2, 0.25) is 5.90 Å². The van der Waals surface area contributed by atoms with Gasteiger partial charge in [-0.05, 0) is 42.2 Å². The fourth-order valence-electron chi connectivity index (χ4n) is 2.20. The van der Waals surface area contributed by atoms with Gasteiger partial charge in [-0.15, -0.1) is 12.4 Å². The molecule has 1 unspecified atom stereocenters. The lowest BCUT2D eigenvalue weighted by Gasteiger charge is -2.17. The molecule has 0 radical (unpaired) electrons. The van der Waals surface area contributed by atoms with E-state index in [1.807, 2.05) is 50.2 Å². The third kappa shape index (κ3) is 4.71. The Bertz CT molecular complexity index is 673. The Morgan fingerprint density at radius 1 is 1.17 bits per heavy atom. The minimum absolute atomic E-state index is 0. The maximum atomic E-state index is 10.2. The summed E-state index contributed by atoms with van der Waals surface area (Å²) in [5.74, 6) is 0.644. The molecule has 0 aliphatic carbocycles. The Hall–Kier alpha value is -2.04. The van der Waals surface area contributed by atoms with Gasteiger partial charge in [-0.1, -0.05) is 36.4 Å². The van der Waals surface area contributed by atoms with Crippen LogP contribution in [0.1, 0.15) is 28.4 Å². The second-order valence-electron chi connectivity index (χ2n) is 5.23. The van der Waals surface area contributed by atoms with Crippen LogP contribution >= 0.6 is 12.4 Å². The first-order valence-electron chi connectivity index (χ1n) is 7.11. The zero-order chi connectivity index (χ0) is 16.1. The molecule has 0 heterocycles. The highest BCUT2D eigenvalue weighted by molar-refractivity contribution is 5.85. The summed E-state index contributed by atoms with van der Waals surface area (Å²) in [4.78, 5) is 0. The zero-order valence-corrected chi connectivity index (χ0v) is 14.3. The second-order valence-corrected chi connectivity index (χ2v) is 5.23. The number of hydrogen-bond donors (Lipinski definition) is 2. The largest absolute Gasteiger partial charge is 0.489 e. The van der Waals surface area contributed by atoms with Gasteiger partial charge in [-0.25, -0.2) is 0 Å². The van der Waals surface area contributed by atoms with Crippen LogP contribution in [0.5, 0.6) is 5.75 Å². The van der Waals surface area contributed by atoms with Gasteiger partial charge in [-0.3, -0.25) is 5.41 Å². The van der Waals surface area contributed by atoms with E-state index in [1.54, 1.807) is 6.07 Å². The molecule has 23 heavy (non-hydrogen) atoms. The Morgan fingerprint density at radius 2 is 1.87 bits per heavy atom. The van der Waals surface area contributed by atoms with Crippen molar-refractivity contribution in [3.8, 4) is 5.75 Å². The van der Waals surface area contributed by atoms with E-state index in [4.69, 9.17) is 14.9 Å². The van der Waals surface area contributed by atoms with Crippen LogP contribution < -0.4 is 4.74 Å². The van der Waals surface area contributed by atoms with Gasteiger partial charge in [0.1, 0.15) is 12.4 Å². The van der Waals surface area contributed by atoms with Crippen molar-refractivity contribution in [2.75, 3.05) is 7.11 Å². The van der Waals surface area contributed by atoms with Crippen LogP contribution in [0, 0.1) is 19.3 Å². The van der Waals surface area contributed by atoms with E-state index in [1.165, 1.54) is 7.11 Å². The first-order valence-corrected chi connectivity index (χ1v) is 7.11. The van der Waals surface area contributed by atoms with Crippen LogP contribution in [-0.4, -0.2) is 18.1 Å². The van der Waals surface area contributed by atoms with Gasteiger partial charge in [-0.2, -0.15) is 0 Å². The number of methoxy groups -OCH3 is 1. The smallest absolute Gasteiger partial charge is 0.214 e. The van der Waals surface area contributed by atoms with Gasteiger partial charge in [0.15, 0.2) is 6.10 Å². The number of benzene rings is 2. The molecule has 0 aliphatic rings. The average molecular weight is 336 g/mol. The lowest BCUT2D eigenvalue weighted by molar-refractivity contribution is 0.201. The predicted molar refractivity (Wildman–Crippen MR) is 93.6 cm³/mol. The third-order valence-corrected chi connectivity index (χ3v) is 3.54. The van der Waals surface area contributed by atoms with E-state index in [9.17, 15) is 5.11 Å². The van der Waals surface area contributed by atoms with E-state index in [-0.39, 0.29) is 18.3 Å². The number of halogens is 1. The van der Waals surface area contributed by atoms with Crippen LogP contribution in [0.15, 0.2) is 42.5 Å². The van der Waals surface area contributed by atoms with Gasteiger partial charge in [0, 0.05) is 0 Å². The molecule has 0 aliphatic heterocycles. The van der Waals surface area contributed by atoms with Crippen molar-refractivity contribution in [2.24, 2.45) is 0 Å². The molecular formula is C18H22ClNO3. The maximum Gasteiger partial charge on any atom is 0.214 e. The highest BCUT2D eigenvalue weighted by Crippen LogP contribution is 2.24. The molecule has 2 rings (SSSR count). The van der Waals surface area contributed by atoms with Crippen molar-refractivity contribution in [3.63, 3.8) is 0 Å². The number of rotatable bonds is 5. The Kier molecular flexibility index (Phi) is 7.07. The first kappa shape index (κ1) is 19.0. The third-order valence-electron chi connectivity index (χ3n) is 3.54. The minimum Gasteiger partial charge on any atom is -0.489 e. The molecule has 0 amide bonds. The standard InChI is InChI=1S/C18H21NO3.ClH/c1-12-8-9-13(2)16(10-12)22-11-14-6-4-5-7-15(14)17(20)18(19)21-3;/h4-10,17,19-20H,11H2,1-3H3;1H. The van der Waals surface area contributed by atoms with Crippen LogP contribution in [-0.2, 0) is 11.3 Å². The summed E-state index contributed by atoms with van der Waals surface area (Å²) in [6, 6.07) is 13.4. The fraction of sp³-hybridized carbons (Fsp3) is 0.278. The summed E-state index contributed by atoms with van der Waals surface area (Å²) in [5.41, 5.74) is 3.65. The maximum absolute atomic E-state index is 10.2. The Morgan fingerprint density at radius 3 is 2.57 bits per heavy atom. The number of ether oxygens (including phenoxy) is 2. The summed E-state index contributed by atoms with van der Waals surface area (Å²) < 4.78 is 10.7. The molecule has 2 N–H and O–H groups in total. The number of aliphatic hydroxyl groups is 1. The fourth-order valence-corrected chi connectivity index (χ4v) is 2.20. The number of aryl methyl sites for hydroxylation is 2. The van der Waals surface area contributed by atoms with E-state index in [0.717, 1.165) is 22.4 Å². The van der Waals surface area contributed by atoms with Crippen molar-refractivity contribution >= 4 is 18.3 Å². The van der Waals surface area contributed by atoms with E-state index >= 15 is 0 Å². The molecular weight excluding hydrogens is 314 g/mol. The number of nitrogens with one attached hydrogen (secondary N) is 1. The molecule has 0 spiro atoms. The zero-order valence-electron chi connectivity index (χ0n) is 13.5. The molecule has 0 fully saturated rings. The highest BCUT2D eigenvalue weighted by Gasteiger charge is 2.18. The quantitative estimate of drug-likeness (QED) is 0.642. The van der Waals surface area contributed by atoms with Crippen LogP contribution in [0.25, 0.3) is 0 Å². The molecule has 4 nitrogen and oxygen atoms in total. The minimum atomic E-state index is -1.08. The Labute approximate surface area is 143 Å². The molecule has 0 saturated carbocycles. The van der Waals surface area contributed by atoms with Crippen LogP contribution in [0.4, 0.5) is 0 Å². The van der Waals surface area contributed by atoms with Crippen molar-refractivity contribution in [1.82, 2.24) is 0 Å². The van der Waals surface area contributed by atoms with Crippen LogP contribution in [0.2, 0.25) is 0 Å². The highest BCUT2D eigenvalue weighted by atomic mass is 35.5. The molecule has 5 heteroatoms. The van der Waals surface area contributed by atoms with Crippen LogP contribution in [0.3, 0.4) is 0 Å². The van der Waals surface area contributed by atoms with E-state index < -0.39 is 6.10 Å². The second kappa shape index (κ2) is 8.56. The molecule has 2 aromatic rings. The lowest BCUT2D eigenvalue weighted by Crippen LogP contribution is -2.15. The van der Waals surface area contributed by atoms with E-state index in [0.29, 0.717) is 12.2 Å². The van der Waals surface area contributed by atoms with Crippen molar-refractivity contribution < 1.29 is 14.6 Å². The van der Waals surface area contributed by atoms with Gasteiger partial charge >= 0.3 is 0 Å². The molecule has 2 aromatic carbocycles. The lowest BCUT2D eigenvalue weighted by atomic mass is 10.0. The monoisotopic (exact) mass is 335 g/mol.